The summed E-state index contributed by atoms with van der Waals surface area (Å²) < 4.78 is 0. The van der Waals surface area contributed by atoms with E-state index in [1.54, 1.807) is 0 Å². The van der Waals surface area contributed by atoms with Crippen molar-refractivity contribution in [2.24, 2.45) is 4.99 Å². The molecule has 1 heterocycles. The van der Waals surface area contributed by atoms with E-state index in [0.717, 1.165) is 19.0 Å². The van der Waals surface area contributed by atoms with Gasteiger partial charge < -0.3 is 20.4 Å². The van der Waals surface area contributed by atoms with Gasteiger partial charge in [0.1, 0.15) is 0 Å². The van der Waals surface area contributed by atoms with Crippen LogP contribution < -0.4 is 10.6 Å². The molecular formula is C18H40IN5. The van der Waals surface area contributed by atoms with E-state index in [1.165, 1.54) is 77.8 Å². The molecule has 0 aromatic heterocycles. The summed E-state index contributed by atoms with van der Waals surface area (Å²) in [5.74, 6) is 0.957. The zero-order chi connectivity index (χ0) is 16.8. The number of guanidine groups is 1. The van der Waals surface area contributed by atoms with E-state index in [1.807, 2.05) is 7.05 Å². The van der Waals surface area contributed by atoms with Gasteiger partial charge in [-0.05, 0) is 32.4 Å². The Hall–Kier alpha value is -0.0800. The maximum Gasteiger partial charge on any atom is 0.190 e. The topological polar surface area (TPSA) is 42.9 Å². The summed E-state index contributed by atoms with van der Waals surface area (Å²) in [5, 5.41) is 6.83. The minimum atomic E-state index is 0. The molecule has 0 saturated carbocycles. The lowest BCUT2D eigenvalue weighted by molar-refractivity contribution is 0.136. The van der Waals surface area contributed by atoms with E-state index >= 15 is 0 Å². The third kappa shape index (κ3) is 11.5. The smallest absolute Gasteiger partial charge is 0.190 e. The first-order valence-corrected chi connectivity index (χ1v) is 9.69. The van der Waals surface area contributed by atoms with Crippen LogP contribution in [0.15, 0.2) is 4.99 Å². The summed E-state index contributed by atoms with van der Waals surface area (Å²) in [6.45, 7) is 13.9. The van der Waals surface area contributed by atoms with Crippen LogP contribution in [-0.2, 0) is 0 Å². The fraction of sp³-hybridized carbons (Fsp3) is 0.944. The molecule has 0 aliphatic carbocycles. The Bertz CT molecular complexity index is 304. The number of halogens is 1. The number of hydrogen-bond donors (Lipinski definition) is 2. The summed E-state index contributed by atoms with van der Waals surface area (Å²) in [6.07, 6.45) is 7.65. The molecule has 5 nitrogen and oxygen atoms in total. The molecule has 1 aliphatic rings. The average molecular weight is 453 g/mol. The molecule has 0 amide bonds. The van der Waals surface area contributed by atoms with Crippen LogP contribution in [0.1, 0.15) is 52.4 Å². The number of unbranched alkanes of at least 4 members (excludes halogenated alkanes) is 4. The van der Waals surface area contributed by atoms with E-state index in [4.69, 9.17) is 0 Å². The number of aliphatic imine (C=N–C) groups is 1. The Morgan fingerprint density at radius 1 is 0.833 bits per heavy atom. The number of piperazine rings is 1. The first-order valence-electron chi connectivity index (χ1n) is 9.69. The van der Waals surface area contributed by atoms with Crippen molar-refractivity contribution in [3.63, 3.8) is 0 Å². The largest absolute Gasteiger partial charge is 0.356 e. The molecule has 1 rings (SSSR count). The van der Waals surface area contributed by atoms with Gasteiger partial charge in [-0.15, -0.1) is 24.0 Å². The van der Waals surface area contributed by atoms with Crippen molar-refractivity contribution in [3.05, 3.63) is 0 Å². The number of rotatable bonds is 11. The maximum absolute atomic E-state index is 4.29. The Kier molecular flexibility index (Phi) is 16.3. The summed E-state index contributed by atoms with van der Waals surface area (Å²) >= 11 is 0. The SMILES string of the molecule is CCCCCCNC(=NC)NCCCCN1CCN(CC)CC1.I. The number of nitrogens with zero attached hydrogens (tertiary/aromatic N) is 3. The van der Waals surface area contributed by atoms with Gasteiger partial charge in [-0.1, -0.05) is 33.1 Å². The first kappa shape index (κ1) is 23.9. The van der Waals surface area contributed by atoms with Gasteiger partial charge in [-0.25, -0.2) is 0 Å². The van der Waals surface area contributed by atoms with Gasteiger partial charge in [0.25, 0.3) is 0 Å². The van der Waals surface area contributed by atoms with Gasteiger partial charge in [0.15, 0.2) is 5.96 Å². The van der Waals surface area contributed by atoms with Gasteiger partial charge in [-0.3, -0.25) is 4.99 Å². The quantitative estimate of drug-likeness (QED) is 0.219. The van der Waals surface area contributed by atoms with Gasteiger partial charge in [0.05, 0.1) is 0 Å². The highest BCUT2D eigenvalue weighted by atomic mass is 127. The normalized spacial score (nSPS) is 16.7. The molecule has 1 fully saturated rings. The summed E-state index contributed by atoms with van der Waals surface area (Å²) in [4.78, 5) is 9.43. The fourth-order valence-corrected chi connectivity index (χ4v) is 2.98. The second kappa shape index (κ2) is 16.4. The zero-order valence-electron chi connectivity index (χ0n) is 16.1. The molecule has 0 aromatic carbocycles. The van der Waals surface area contributed by atoms with Crippen molar-refractivity contribution in [3.8, 4) is 0 Å². The van der Waals surface area contributed by atoms with Crippen LogP contribution >= 0.6 is 24.0 Å². The molecule has 1 saturated heterocycles. The van der Waals surface area contributed by atoms with Crippen molar-refractivity contribution in [2.75, 3.05) is 59.4 Å². The highest BCUT2D eigenvalue weighted by Crippen LogP contribution is 2.02. The first-order chi connectivity index (χ1) is 11.3. The van der Waals surface area contributed by atoms with E-state index in [0.29, 0.717) is 0 Å². The predicted molar refractivity (Wildman–Crippen MR) is 117 cm³/mol. The molecule has 0 aromatic rings. The second-order valence-electron chi connectivity index (χ2n) is 6.47. The van der Waals surface area contributed by atoms with Crippen LogP contribution in [-0.4, -0.2) is 75.2 Å². The number of nitrogens with one attached hydrogen (secondary N) is 2. The molecule has 0 bridgehead atoms. The van der Waals surface area contributed by atoms with Crippen LogP contribution in [0.4, 0.5) is 0 Å². The van der Waals surface area contributed by atoms with Crippen molar-refractivity contribution >= 4 is 29.9 Å². The van der Waals surface area contributed by atoms with Crippen LogP contribution in [0.3, 0.4) is 0 Å². The number of likely N-dealkylation sites (N-methyl/N-ethyl adjacent to an activating group) is 1. The maximum atomic E-state index is 4.29. The van der Waals surface area contributed by atoms with E-state index in [-0.39, 0.29) is 24.0 Å². The average Bonchev–Trinajstić information content (AvgIpc) is 2.60. The molecule has 2 N–H and O–H groups in total. The monoisotopic (exact) mass is 453 g/mol. The van der Waals surface area contributed by atoms with E-state index in [9.17, 15) is 0 Å². The van der Waals surface area contributed by atoms with Crippen LogP contribution in [0.5, 0.6) is 0 Å². The highest BCUT2D eigenvalue weighted by molar-refractivity contribution is 14.0. The van der Waals surface area contributed by atoms with Crippen LogP contribution in [0.2, 0.25) is 0 Å². The van der Waals surface area contributed by atoms with Crippen molar-refractivity contribution in [1.29, 1.82) is 0 Å². The van der Waals surface area contributed by atoms with Crippen LogP contribution in [0, 0.1) is 0 Å². The lowest BCUT2D eigenvalue weighted by atomic mass is 10.2. The van der Waals surface area contributed by atoms with Crippen molar-refractivity contribution < 1.29 is 0 Å². The standard InChI is InChI=1S/C18H39N5.HI/c1-4-6-7-8-11-20-18(19-3)21-12-9-10-13-23-16-14-22(5-2)15-17-23;/h4-17H2,1-3H3,(H2,19,20,21);1H. The van der Waals surface area contributed by atoms with Crippen molar-refractivity contribution in [2.45, 2.75) is 52.4 Å². The van der Waals surface area contributed by atoms with Crippen molar-refractivity contribution in [1.82, 2.24) is 20.4 Å². The number of hydrogen-bond acceptors (Lipinski definition) is 3. The minimum absolute atomic E-state index is 0. The highest BCUT2D eigenvalue weighted by Gasteiger charge is 2.14. The lowest BCUT2D eigenvalue weighted by Crippen LogP contribution is -2.46. The van der Waals surface area contributed by atoms with Gasteiger partial charge in [-0.2, -0.15) is 0 Å². The third-order valence-corrected chi connectivity index (χ3v) is 4.65. The van der Waals surface area contributed by atoms with E-state index in [2.05, 4.69) is 39.3 Å². The molecule has 0 unspecified atom stereocenters. The fourth-order valence-electron chi connectivity index (χ4n) is 2.98. The Labute approximate surface area is 167 Å². The molecule has 0 atom stereocenters. The Morgan fingerprint density at radius 2 is 1.42 bits per heavy atom. The zero-order valence-corrected chi connectivity index (χ0v) is 18.5. The lowest BCUT2D eigenvalue weighted by Gasteiger charge is -2.34. The van der Waals surface area contributed by atoms with Gasteiger partial charge >= 0.3 is 0 Å². The summed E-state index contributed by atoms with van der Waals surface area (Å²) in [5.41, 5.74) is 0. The second-order valence-corrected chi connectivity index (χ2v) is 6.47. The van der Waals surface area contributed by atoms with Crippen LogP contribution in [0.25, 0.3) is 0 Å². The molecule has 24 heavy (non-hydrogen) atoms. The molecule has 0 spiro atoms. The third-order valence-electron chi connectivity index (χ3n) is 4.65. The summed E-state index contributed by atoms with van der Waals surface area (Å²) in [7, 11) is 1.86. The molecule has 0 radical (unpaired) electrons. The Morgan fingerprint density at radius 3 is 1.96 bits per heavy atom. The van der Waals surface area contributed by atoms with E-state index < -0.39 is 0 Å². The Balaban J connectivity index is 0.00000529. The molecule has 1 aliphatic heterocycles. The van der Waals surface area contributed by atoms with Gasteiger partial charge in [0.2, 0.25) is 0 Å². The molecule has 6 heteroatoms. The predicted octanol–water partition coefficient (Wildman–Crippen LogP) is 2.77. The minimum Gasteiger partial charge on any atom is -0.356 e. The summed E-state index contributed by atoms with van der Waals surface area (Å²) in [6, 6.07) is 0. The molecular weight excluding hydrogens is 413 g/mol. The molecule has 144 valence electrons. The van der Waals surface area contributed by atoms with Gasteiger partial charge in [0, 0.05) is 46.3 Å².